The SMILES string of the molecule is CC(C)N1CCN(CC(C(N)=S)c2ccccc2)CC1. The molecule has 3 nitrogen and oxygen atoms in total. The van der Waals surface area contributed by atoms with E-state index in [4.69, 9.17) is 18.0 Å². The molecule has 0 bridgehead atoms. The molecule has 110 valence electrons. The highest BCUT2D eigenvalue weighted by Gasteiger charge is 2.23. The van der Waals surface area contributed by atoms with Crippen LogP contribution in [0.2, 0.25) is 0 Å². The second-order valence-corrected chi connectivity index (χ2v) is 6.27. The lowest BCUT2D eigenvalue weighted by Gasteiger charge is -2.38. The fraction of sp³-hybridized carbons (Fsp3) is 0.562. The summed E-state index contributed by atoms with van der Waals surface area (Å²) in [6.45, 7) is 9.93. The minimum Gasteiger partial charge on any atom is -0.393 e. The average molecular weight is 291 g/mol. The van der Waals surface area contributed by atoms with Crippen LogP contribution < -0.4 is 5.73 Å². The van der Waals surface area contributed by atoms with Crippen LogP contribution in [0.15, 0.2) is 30.3 Å². The largest absolute Gasteiger partial charge is 0.393 e. The predicted octanol–water partition coefficient (Wildman–Crippen LogP) is 2.08. The number of hydrogen-bond donors (Lipinski definition) is 1. The first kappa shape index (κ1) is 15.4. The molecule has 1 aromatic rings. The van der Waals surface area contributed by atoms with Crippen LogP contribution in [0.25, 0.3) is 0 Å². The smallest absolute Gasteiger partial charge is 0.0816 e. The Morgan fingerprint density at radius 1 is 1.15 bits per heavy atom. The fourth-order valence-electron chi connectivity index (χ4n) is 2.77. The molecule has 1 saturated heterocycles. The molecule has 1 aromatic carbocycles. The first-order chi connectivity index (χ1) is 9.58. The van der Waals surface area contributed by atoms with Crippen molar-refractivity contribution in [3.63, 3.8) is 0 Å². The summed E-state index contributed by atoms with van der Waals surface area (Å²) in [5.41, 5.74) is 7.18. The third-order valence-corrected chi connectivity index (χ3v) is 4.41. The van der Waals surface area contributed by atoms with E-state index >= 15 is 0 Å². The number of nitrogens with two attached hydrogens (primary N) is 1. The fourth-order valence-corrected chi connectivity index (χ4v) is 2.98. The molecule has 2 N–H and O–H groups in total. The summed E-state index contributed by atoms with van der Waals surface area (Å²) >= 11 is 5.27. The molecule has 0 amide bonds. The van der Waals surface area contributed by atoms with Crippen molar-refractivity contribution in [1.82, 2.24) is 9.80 Å². The van der Waals surface area contributed by atoms with E-state index in [0.29, 0.717) is 11.0 Å². The molecule has 0 aromatic heterocycles. The molecule has 1 atom stereocenters. The third kappa shape index (κ3) is 4.01. The molecule has 2 rings (SSSR count). The molecule has 1 fully saturated rings. The van der Waals surface area contributed by atoms with Gasteiger partial charge >= 0.3 is 0 Å². The molecule has 20 heavy (non-hydrogen) atoms. The molecule has 1 unspecified atom stereocenters. The Hall–Kier alpha value is -0.970. The van der Waals surface area contributed by atoms with Crippen LogP contribution in [-0.4, -0.2) is 53.6 Å². The van der Waals surface area contributed by atoms with Crippen molar-refractivity contribution in [3.05, 3.63) is 35.9 Å². The number of nitrogens with zero attached hydrogens (tertiary/aromatic N) is 2. The lowest BCUT2D eigenvalue weighted by molar-refractivity contribution is 0.108. The Balaban J connectivity index is 1.95. The van der Waals surface area contributed by atoms with Crippen molar-refractivity contribution >= 4 is 17.2 Å². The van der Waals surface area contributed by atoms with Gasteiger partial charge in [-0.2, -0.15) is 0 Å². The van der Waals surface area contributed by atoms with Gasteiger partial charge < -0.3 is 5.73 Å². The van der Waals surface area contributed by atoms with Gasteiger partial charge in [0, 0.05) is 44.7 Å². The summed E-state index contributed by atoms with van der Waals surface area (Å²) in [5, 5.41) is 0. The van der Waals surface area contributed by atoms with Crippen molar-refractivity contribution in [2.45, 2.75) is 25.8 Å². The first-order valence-corrected chi connectivity index (χ1v) is 7.79. The minimum atomic E-state index is 0.164. The molecule has 1 heterocycles. The number of hydrogen-bond acceptors (Lipinski definition) is 3. The Morgan fingerprint density at radius 2 is 1.75 bits per heavy atom. The van der Waals surface area contributed by atoms with Gasteiger partial charge in [-0.1, -0.05) is 42.5 Å². The van der Waals surface area contributed by atoms with Gasteiger partial charge in [0.25, 0.3) is 0 Å². The van der Waals surface area contributed by atoms with E-state index in [2.05, 4.69) is 47.9 Å². The highest BCUT2D eigenvalue weighted by molar-refractivity contribution is 7.80. The van der Waals surface area contributed by atoms with Crippen LogP contribution in [0.4, 0.5) is 0 Å². The van der Waals surface area contributed by atoms with Crippen molar-refractivity contribution in [2.24, 2.45) is 5.73 Å². The number of piperazine rings is 1. The molecular weight excluding hydrogens is 266 g/mol. The lowest BCUT2D eigenvalue weighted by atomic mass is 9.98. The van der Waals surface area contributed by atoms with Crippen molar-refractivity contribution in [2.75, 3.05) is 32.7 Å². The van der Waals surface area contributed by atoms with Crippen molar-refractivity contribution < 1.29 is 0 Å². The standard InChI is InChI=1S/C16H25N3S/c1-13(2)19-10-8-18(9-11-19)12-15(16(17)20)14-6-4-3-5-7-14/h3-7,13,15H,8-12H2,1-2H3,(H2,17,20). The van der Waals surface area contributed by atoms with Crippen LogP contribution in [0.5, 0.6) is 0 Å². The van der Waals surface area contributed by atoms with Crippen LogP contribution in [-0.2, 0) is 0 Å². The summed E-state index contributed by atoms with van der Waals surface area (Å²) in [5.74, 6) is 0.164. The summed E-state index contributed by atoms with van der Waals surface area (Å²) in [4.78, 5) is 5.60. The van der Waals surface area contributed by atoms with Gasteiger partial charge in [0.15, 0.2) is 0 Å². The van der Waals surface area contributed by atoms with E-state index in [1.807, 2.05) is 6.07 Å². The van der Waals surface area contributed by atoms with Gasteiger partial charge in [0.05, 0.1) is 4.99 Å². The van der Waals surface area contributed by atoms with E-state index in [9.17, 15) is 0 Å². The van der Waals surface area contributed by atoms with E-state index in [1.165, 1.54) is 5.56 Å². The molecule has 0 aliphatic carbocycles. The molecule has 4 heteroatoms. The minimum absolute atomic E-state index is 0.164. The maximum absolute atomic E-state index is 5.96. The Kier molecular flexibility index (Phi) is 5.52. The maximum atomic E-state index is 5.96. The zero-order chi connectivity index (χ0) is 14.5. The summed E-state index contributed by atoms with van der Waals surface area (Å²) in [7, 11) is 0. The van der Waals surface area contributed by atoms with Crippen LogP contribution in [0, 0.1) is 0 Å². The molecular formula is C16H25N3S. The highest BCUT2D eigenvalue weighted by Crippen LogP contribution is 2.18. The highest BCUT2D eigenvalue weighted by atomic mass is 32.1. The van der Waals surface area contributed by atoms with Gasteiger partial charge in [0.2, 0.25) is 0 Å². The van der Waals surface area contributed by atoms with Gasteiger partial charge in [0.1, 0.15) is 0 Å². The second kappa shape index (κ2) is 7.16. The topological polar surface area (TPSA) is 32.5 Å². The van der Waals surface area contributed by atoms with Gasteiger partial charge in [-0.3, -0.25) is 9.80 Å². The van der Waals surface area contributed by atoms with E-state index in [0.717, 1.165) is 32.7 Å². The summed E-state index contributed by atoms with van der Waals surface area (Å²) in [6.07, 6.45) is 0. The van der Waals surface area contributed by atoms with Crippen LogP contribution in [0.3, 0.4) is 0 Å². The van der Waals surface area contributed by atoms with E-state index in [-0.39, 0.29) is 5.92 Å². The number of rotatable bonds is 5. The first-order valence-electron chi connectivity index (χ1n) is 7.38. The quantitative estimate of drug-likeness (QED) is 0.842. The number of thiocarbonyl (C=S) groups is 1. The van der Waals surface area contributed by atoms with Crippen LogP contribution >= 0.6 is 12.2 Å². The zero-order valence-electron chi connectivity index (χ0n) is 12.5. The van der Waals surface area contributed by atoms with Gasteiger partial charge in [-0.05, 0) is 19.4 Å². The zero-order valence-corrected chi connectivity index (χ0v) is 13.3. The monoisotopic (exact) mass is 291 g/mol. The van der Waals surface area contributed by atoms with Gasteiger partial charge in [-0.25, -0.2) is 0 Å². The predicted molar refractivity (Wildman–Crippen MR) is 89.1 cm³/mol. The molecule has 0 radical (unpaired) electrons. The number of benzene rings is 1. The average Bonchev–Trinajstić information content (AvgIpc) is 2.46. The van der Waals surface area contributed by atoms with Crippen molar-refractivity contribution in [1.29, 1.82) is 0 Å². The third-order valence-electron chi connectivity index (χ3n) is 4.12. The summed E-state index contributed by atoms with van der Waals surface area (Å²) in [6, 6.07) is 11.0. The van der Waals surface area contributed by atoms with E-state index in [1.54, 1.807) is 0 Å². The van der Waals surface area contributed by atoms with E-state index < -0.39 is 0 Å². The van der Waals surface area contributed by atoms with Crippen LogP contribution in [0.1, 0.15) is 25.3 Å². The maximum Gasteiger partial charge on any atom is 0.0816 e. The Labute approximate surface area is 127 Å². The second-order valence-electron chi connectivity index (χ2n) is 5.80. The molecule has 1 aliphatic heterocycles. The Morgan fingerprint density at radius 3 is 2.25 bits per heavy atom. The summed E-state index contributed by atoms with van der Waals surface area (Å²) < 4.78 is 0. The lowest BCUT2D eigenvalue weighted by Crippen LogP contribution is -2.50. The normalized spacial score (nSPS) is 19.1. The van der Waals surface area contributed by atoms with Crippen molar-refractivity contribution in [3.8, 4) is 0 Å². The molecule has 1 aliphatic rings. The Bertz CT molecular complexity index is 425. The van der Waals surface area contributed by atoms with Gasteiger partial charge in [-0.15, -0.1) is 0 Å². The molecule has 0 saturated carbocycles. The molecule has 0 spiro atoms.